The first-order valence-electron chi connectivity index (χ1n) is 4.63. The normalized spacial score (nSPS) is 13.9. The zero-order valence-electron chi connectivity index (χ0n) is 8.62. The standard InChI is InChI=1S/C9H18N4O2/c1-2-4-9(12,7(14)15)5-3-6-13-8(10)11/h2H,1,3-6,12H2,(H,14,15)(H4,10,11,13)/t9-/m0/s1. The third-order valence-electron chi connectivity index (χ3n) is 2.05. The largest absolute Gasteiger partial charge is 0.480 e. The van der Waals surface area contributed by atoms with Crippen molar-refractivity contribution in [3.8, 4) is 0 Å². The minimum Gasteiger partial charge on any atom is -0.480 e. The summed E-state index contributed by atoms with van der Waals surface area (Å²) >= 11 is 0. The molecule has 0 aliphatic rings. The first-order chi connectivity index (χ1) is 6.92. The zero-order valence-corrected chi connectivity index (χ0v) is 8.62. The molecule has 0 spiro atoms. The van der Waals surface area contributed by atoms with E-state index in [0.717, 1.165) is 0 Å². The Morgan fingerprint density at radius 2 is 2.27 bits per heavy atom. The molecule has 0 saturated carbocycles. The van der Waals surface area contributed by atoms with Gasteiger partial charge in [-0.05, 0) is 19.3 Å². The van der Waals surface area contributed by atoms with E-state index in [0.29, 0.717) is 19.4 Å². The Labute approximate surface area is 88.8 Å². The first-order valence-corrected chi connectivity index (χ1v) is 4.63. The number of guanidine groups is 1. The fourth-order valence-corrected chi connectivity index (χ4v) is 1.18. The van der Waals surface area contributed by atoms with E-state index in [1.165, 1.54) is 6.08 Å². The summed E-state index contributed by atoms with van der Waals surface area (Å²) in [5.74, 6) is -1.16. The van der Waals surface area contributed by atoms with Crippen molar-refractivity contribution in [2.75, 3.05) is 6.54 Å². The Morgan fingerprint density at radius 3 is 2.67 bits per heavy atom. The molecule has 15 heavy (non-hydrogen) atoms. The van der Waals surface area contributed by atoms with Crippen molar-refractivity contribution in [3.05, 3.63) is 12.7 Å². The van der Waals surface area contributed by atoms with Gasteiger partial charge in [0.25, 0.3) is 0 Å². The molecule has 7 N–H and O–H groups in total. The maximum Gasteiger partial charge on any atom is 0.323 e. The van der Waals surface area contributed by atoms with Crippen molar-refractivity contribution in [2.45, 2.75) is 24.8 Å². The lowest BCUT2D eigenvalue weighted by Gasteiger charge is -2.22. The van der Waals surface area contributed by atoms with E-state index in [4.69, 9.17) is 22.0 Å². The number of nitrogens with two attached hydrogens (primary N) is 2. The number of rotatable bonds is 7. The quantitative estimate of drug-likeness (QED) is 0.171. The van der Waals surface area contributed by atoms with Crippen LogP contribution in [0.4, 0.5) is 0 Å². The molecule has 0 aliphatic carbocycles. The highest BCUT2D eigenvalue weighted by Crippen LogP contribution is 2.14. The van der Waals surface area contributed by atoms with Gasteiger partial charge in [-0.15, -0.1) is 6.58 Å². The number of nitrogens with one attached hydrogen (secondary N) is 2. The van der Waals surface area contributed by atoms with Gasteiger partial charge in [-0.25, -0.2) is 0 Å². The van der Waals surface area contributed by atoms with Crippen LogP contribution in [0.25, 0.3) is 0 Å². The van der Waals surface area contributed by atoms with Gasteiger partial charge in [0.1, 0.15) is 5.54 Å². The highest BCUT2D eigenvalue weighted by molar-refractivity contribution is 5.78. The average Bonchev–Trinajstić information content (AvgIpc) is 2.12. The highest BCUT2D eigenvalue weighted by atomic mass is 16.4. The Hall–Kier alpha value is -1.56. The van der Waals surface area contributed by atoms with E-state index in [1.807, 2.05) is 0 Å². The van der Waals surface area contributed by atoms with Gasteiger partial charge in [0, 0.05) is 6.54 Å². The summed E-state index contributed by atoms with van der Waals surface area (Å²) in [6.45, 7) is 3.91. The number of carboxylic acid groups (broad SMARTS) is 1. The molecule has 0 heterocycles. The van der Waals surface area contributed by atoms with Crippen molar-refractivity contribution >= 4 is 11.9 Å². The smallest absolute Gasteiger partial charge is 0.323 e. The molecule has 0 aliphatic heterocycles. The van der Waals surface area contributed by atoms with Crippen molar-refractivity contribution in [3.63, 3.8) is 0 Å². The summed E-state index contributed by atoms with van der Waals surface area (Å²) in [7, 11) is 0. The van der Waals surface area contributed by atoms with Crippen molar-refractivity contribution in [1.82, 2.24) is 5.32 Å². The van der Waals surface area contributed by atoms with E-state index >= 15 is 0 Å². The van der Waals surface area contributed by atoms with Crippen molar-refractivity contribution in [2.24, 2.45) is 11.5 Å². The van der Waals surface area contributed by atoms with Crippen LogP contribution in [0.3, 0.4) is 0 Å². The van der Waals surface area contributed by atoms with Gasteiger partial charge in [-0.1, -0.05) is 6.08 Å². The molecule has 1 atom stereocenters. The number of carbonyl (C=O) groups is 1. The third-order valence-corrected chi connectivity index (χ3v) is 2.05. The molecule has 0 saturated heterocycles. The molecule has 0 bridgehead atoms. The molecule has 86 valence electrons. The first kappa shape index (κ1) is 13.4. The van der Waals surface area contributed by atoms with Crippen LogP contribution < -0.4 is 16.8 Å². The van der Waals surface area contributed by atoms with Gasteiger partial charge in [0.2, 0.25) is 0 Å². The van der Waals surface area contributed by atoms with Gasteiger partial charge in [0.05, 0.1) is 0 Å². The maximum absolute atomic E-state index is 10.9. The number of hydrogen-bond acceptors (Lipinski definition) is 3. The van der Waals surface area contributed by atoms with E-state index in [2.05, 4.69) is 11.9 Å². The topological polar surface area (TPSA) is 125 Å². The molecule has 0 aromatic heterocycles. The molecule has 6 nitrogen and oxygen atoms in total. The van der Waals surface area contributed by atoms with Gasteiger partial charge < -0.3 is 21.9 Å². The summed E-state index contributed by atoms with van der Waals surface area (Å²) in [5.41, 5.74) is 9.49. The number of carboxylic acids is 1. The Morgan fingerprint density at radius 1 is 1.67 bits per heavy atom. The summed E-state index contributed by atoms with van der Waals surface area (Å²) in [6.07, 6.45) is 2.57. The second-order valence-corrected chi connectivity index (χ2v) is 3.40. The Bertz CT molecular complexity index is 254. The molecule has 0 aromatic carbocycles. The van der Waals surface area contributed by atoms with Crippen LogP contribution in [0.2, 0.25) is 0 Å². The molecule has 0 fully saturated rings. The third kappa shape index (κ3) is 5.02. The average molecular weight is 214 g/mol. The Kier molecular flexibility index (Phi) is 5.40. The van der Waals surface area contributed by atoms with Crippen molar-refractivity contribution in [1.29, 1.82) is 5.41 Å². The molecular formula is C9H18N4O2. The van der Waals surface area contributed by atoms with Crippen LogP contribution in [0.1, 0.15) is 19.3 Å². The lowest BCUT2D eigenvalue weighted by Crippen LogP contribution is -2.48. The summed E-state index contributed by atoms with van der Waals surface area (Å²) < 4.78 is 0. The predicted molar refractivity (Wildman–Crippen MR) is 58.5 cm³/mol. The second kappa shape index (κ2) is 6.02. The predicted octanol–water partition coefficient (Wildman–Crippen LogP) is -0.392. The van der Waals surface area contributed by atoms with Crippen LogP contribution in [0, 0.1) is 5.41 Å². The lowest BCUT2D eigenvalue weighted by atomic mass is 9.91. The van der Waals surface area contributed by atoms with Gasteiger partial charge in [0.15, 0.2) is 5.96 Å². The maximum atomic E-state index is 10.9. The van der Waals surface area contributed by atoms with E-state index in [1.54, 1.807) is 0 Å². The van der Waals surface area contributed by atoms with Crippen molar-refractivity contribution < 1.29 is 9.90 Å². The molecule has 0 aromatic rings. The van der Waals surface area contributed by atoms with Crippen LogP contribution >= 0.6 is 0 Å². The SMILES string of the molecule is C=CC[C@](N)(CCCNC(=N)N)C(=O)O. The highest BCUT2D eigenvalue weighted by Gasteiger charge is 2.31. The van der Waals surface area contributed by atoms with Crippen LogP contribution in [-0.2, 0) is 4.79 Å². The second-order valence-electron chi connectivity index (χ2n) is 3.40. The fourth-order valence-electron chi connectivity index (χ4n) is 1.18. The zero-order chi connectivity index (χ0) is 11.9. The lowest BCUT2D eigenvalue weighted by molar-refractivity contribution is -0.143. The fraction of sp³-hybridized carbons (Fsp3) is 0.556. The molecule has 0 radical (unpaired) electrons. The van der Waals surface area contributed by atoms with Crippen LogP contribution in [0.5, 0.6) is 0 Å². The molecular weight excluding hydrogens is 196 g/mol. The minimum absolute atomic E-state index is 0.128. The monoisotopic (exact) mass is 214 g/mol. The molecule has 0 amide bonds. The minimum atomic E-state index is -1.26. The van der Waals surface area contributed by atoms with Crippen LogP contribution in [0.15, 0.2) is 12.7 Å². The molecule has 6 heteroatoms. The molecule has 0 unspecified atom stereocenters. The number of hydrogen-bond donors (Lipinski definition) is 5. The van der Waals surface area contributed by atoms with Gasteiger partial charge in [-0.3, -0.25) is 10.2 Å². The molecule has 0 rings (SSSR count). The van der Waals surface area contributed by atoms with Gasteiger partial charge >= 0.3 is 5.97 Å². The Balaban J connectivity index is 4.02. The van der Waals surface area contributed by atoms with Crippen LogP contribution in [-0.4, -0.2) is 29.1 Å². The van der Waals surface area contributed by atoms with Gasteiger partial charge in [-0.2, -0.15) is 0 Å². The van der Waals surface area contributed by atoms with E-state index < -0.39 is 11.5 Å². The summed E-state index contributed by atoms with van der Waals surface area (Å²) in [6, 6.07) is 0. The summed E-state index contributed by atoms with van der Waals surface area (Å²) in [5, 5.41) is 18.4. The van der Waals surface area contributed by atoms with E-state index in [9.17, 15) is 4.79 Å². The van der Waals surface area contributed by atoms with E-state index in [-0.39, 0.29) is 12.4 Å². The number of aliphatic carboxylic acids is 1. The summed E-state index contributed by atoms with van der Waals surface area (Å²) in [4.78, 5) is 10.9.